The first-order valence-electron chi connectivity index (χ1n) is 8.12. The molecule has 0 radical (unpaired) electrons. The summed E-state index contributed by atoms with van der Waals surface area (Å²) in [5, 5.41) is 9.13. The lowest BCUT2D eigenvalue weighted by atomic mass is 10.1. The molecule has 128 valence electrons. The second kappa shape index (κ2) is 11.5. The van der Waals surface area contributed by atoms with E-state index in [1.807, 2.05) is 38.1 Å². The standard InChI is InChI=1S/C17H28N4O2/c1-4-19-17(21-11-12-23-5-2)20-10-9-14-7-6-8-15(13-14)16(22)18-3/h6-8,13H,4-5,9-12H2,1-3H3,(H,18,22)(H2,19,20,21). The second-order valence-corrected chi connectivity index (χ2v) is 4.91. The van der Waals surface area contributed by atoms with Crippen LogP contribution in [0.1, 0.15) is 29.8 Å². The van der Waals surface area contributed by atoms with Crippen molar-refractivity contribution in [1.82, 2.24) is 16.0 Å². The number of aliphatic imine (C=N–C) groups is 1. The summed E-state index contributed by atoms with van der Waals surface area (Å²) >= 11 is 0. The van der Waals surface area contributed by atoms with Crippen LogP contribution in [0, 0.1) is 0 Å². The first-order chi connectivity index (χ1) is 11.2. The minimum Gasteiger partial charge on any atom is -0.380 e. The molecular weight excluding hydrogens is 292 g/mol. The molecule has 0 saturated carbocycles. The molecule has 0 heterocycles. The lowest BCUT2D eigenvalue weighted by Gasteiger charge is -2.11. The fourth-order valence-electron chi connectivity index (χ4n) is 2.05. The highest BCUT2D eigenvalue weighted by Crippen LogP contribution is 2.05. The van der Waals surface area contributed by atoms with Gasteiger partial charge in [0, 0.05) is 32.3 Å². The van der Waals surface area contributed by atoms with Crippen LogP contribution in [0.5, 0.6) is 0 Å². The van der Waals surface area contributed by atoms with Crippen LogP contribution in [0.3, 0.4) is 0 Å². The Morgan fingerprint density at radius 3 is 2.78 bits per heavy atom. The van der Waals surface area contributed by atoms with Gasteiger partial charge < -0.3 is 20.7 Å². The quantitative estimate of drug-likeness (QED) is 0.363. The van der Waals surface area contributed by atoms with E-state index in [0.29, 0.717) is 25.3 Å². The summed E-state index contributed by atoms with van der Waals surface area (Å²) in [6.07, 6.45) is 0.820. The number of nitrogens with one attached hydrogen (secondary N) is 3. The van der Waals surface area contributed by atoms with Crippen molar-refractivity contribution in [2.24, 2.45) is 4.99 Å². The van der Waals surface area contributed by atoms with Crippen LogP contribution in [0.15, 0.2) is 29.3 Å². The van der Waals surface area contributed by atoms with Crippen LogP contribution in [-0.4, -0.2) is 51.8 Å². The Morgan fingerprint density at radius 2 is 2.09 bits per heavy atom. The zero-order chi connectivity index (χ0) is 16.9. The predicted molar refractivity (Wildman–Crippen MR) is 94.0 cm³/mol. The molecule has 1 rings (SSSR count). The van der Waals surface area contributed by atoms with Crippen LogP contribution >= 0.6 is 0 Å². The molecule has 23 heavy (non-hydrogen) atoms. The third kappa shape index (κ3) is 7.65. The van der Waals surface area contributed by atoms with Gasteiger partial charge in [-0.1, -0.05) is 12.1 Å². The van der Waals surface area contributed by atoms with Crippen LogP contribution in [-0.2, 0) is 11.2 Å². The molecule has 1 aromatic rings. The monoisotopic (exact) mass is 320 g/mol. The molecule has 0 unspecified atom stereocenters. The van der Waals surface area contributed by atoms with Crippen molar-refractivity contribution in [1.29, 1.82) is 0 Å². The van der Waals surface area contributed by atoms with E-state index < -0.39 is 0 Å². The zero-order valence-corrected chi connectivity index (χ0v) is 14.3. The molecule has 0 fully saturated rings. The first kappa shape index (κ1) is 19.0. The van der Waals surface area contributed by atoms with Gasteiger partial charge in [-0.3, -0.25) is 9.79 Å². The third-order valence-corrected chi connectivity index (χ3v) is 3.18. The minimum atomic E-state index is -0.0642. The van der Waals surface area contributed by atoms with Gasteiger partial charge in [0.15, 0.2) is 5.96 Å². The molecule has 0 spiro atoms. The maximum Gasteiger partial charge on any atom is 0.251 e. The van der Waals surface area contributed by atoms with Gasteiger partial charge in [-0.2, -0.15) is 0 Å². The highest BCUT2D eigenvalue weighted by molar-refractivity contribution is 5.94. The summed E-state index contributed by atoms with van der Waals surface area (Å²) in [5.41, 5.74) is 1.80. The molecule has 1 aromatic carbocycles. The predicted octanol–water partition coefficient (Wildman–Crippen LogP) is 1.18. The maximum absolute atomic E-state index is 11.6. The molecule has 0 aromatic heterocycles. The van der Waals surface area contributed by atoms with Crippen LogP contribution in [0.25, 0.3) is 0 Å². The van der Waals surface area contributed by atoms with Crippen molar-refractivity contribution < 1.29 is 9.53 Å². The topological polar surface area (TPSA) is 74.8 Å². The summed E-state index contributed by atoms with van der Waals surface area (Å²) in [6.45, 7) is 7.54. The SMILES string of the molecule is CCNC(=NCCOCC)NCCc1cccc(C(=O)NC)c1. The fraction of sp³-hybridized carbons (Fsp3) is 0.529. The van der Waals surface area contributed by atoms with Gasteiger partial charge in [0.25, 0.3) is 5.91 Å². The Labute approximate surface area is 138 Å². The van der Waals surface area contributed by atoms with Gasteiger partial charge in [-0.15, -0.1) is 0 Å². The lowest BCUT2D eigenvalue weighted by Crippen LogP contribution is -2.38. The first-order valence-corrected chi connectivity index (χ1v) is 8.12. The average Bonchev–Trinajstić information content (AvgIpc) is 2.58. The Balaban J connectivity index is 2.47. The molecule has 6 nitrogen and oxygen atoms in total. The van der Waals surface area contributed by atoms with E-state index in [1.54, 1.807) is 7.05 Å². The molecule has 0 bridgehead atoms. The Hall–Kier alpha value is -2.08. The van der Waals surface area contributed by atoms with E-state index >= 15 is 0 Å². The molecule has 1 amide bonds. The lowest BCUT2D eigenvalue weighted by molar-refractivity contribution is 0.0963. The number of hydrogen-bond acceptors (Lipinski definition) is 3. The summed E-state index contributed by atoms with van der Waals surface area (Å²) in [5.74, 6) is 0.722. The van der Waals surface area contributed by atoms with Crippen LogP contribution < -0.4 is 16.0 Å². The molecule has 0 saturated heterocycles. The highest BCUT2D eigenvalue weighted by atomic mass is 16.5. The summed E-state index contributed by atoms with van der Waals surface area (Å²) in [4.78, 5) is 16.1. The number of carbonyl (C=O) groups is 1. The maximum atomic E-state index is 11.6. The molecule has 0 aliphatic carbocycles. The van der Waals surface area contributed by atoms with E-state index in [-0.39, 0.29) is 5.91 Å². The number of hydrogen-bond donors (Lipinski definition) is 3. The van der Waals surface area contributed by atoms with Gasteiger partial charge in [-0.05, 0) is 38.0 Å². The van der Waals surface area contributed by atoms with E-state index in [4.69, 9.17) is 4.74 Å². The van der Waals surface area contributed by atoms with Crippen molar-refractivity contribution in [3.63, 3.8) is 0 Å². The van der Waals surface area contributed by atoms with E-state index in [2.05, 4.69) is 20.9 Å². The van der Waals surface area contributed by atoms with Crippen molar-refractivity contribution in [2.75, 3.05) is 39.9 Å². The Kier molecular flexibility index (Phi) is 9.47. The van der Waals surface area contributed by atoms with Gasteiger partial charge in [-0.25, -0.2) is 0 Å². The van der Waals surface area contributed by atoms with E-state index in [1.165, 1.54) is 0 Å². The van der Waals surface area contributed by atoms with Crippen molar-refractivity contribution in [3.8, 4) is 0 Å². The number of rotatable bonds is 9. The average molecular weight is 320 g/mol. The molecular formula is C17H28N4O2. The molecule has 3 N–H and O–H groups in total. The summed E-state index contributed by atoms with van der Waals surface area (Å²) in [6, 6.07) is 7.66. The van der Waals surface area contributed by atoms with Crippen LogP contribution in [0.2, 0.25) is 0 Å². The van der Waals surface area contributed by atoms with E-state index in [9.17, 15) is 4.79 Å². The molecule has 0 aliphatic rings. The van der Waals surface area contributed by atoms with Crippen molar-refractivity contribution in [3.05, 3.63) is 35.4 Å². The highest BCUT2D eigenvalue weighted by Gasteiger charge is 2.04. The Morgan fingerprint density at radius 1 is 1.26 bits per heavy atom. The number of ether oxygens (including phenoxy) is 1. The van der Waals surface area contributed by atoms with E-state index in [0.717, 1.165) is 31.0 Å². The zero-order valence-electron chi connectivity index (χ0n) is 14.3. The Bertz CT molecular complexity index is 503. The third-order valence-electron chi connectivity index (χ3n) is 3.18. The smallest absolute Gasteiger partial charge is 0.251 e. The fourth-order valence-corrected chi connectivity index (χ4v) is 2.05. The largest absolute Gasteiger partial charge is 0.380 e. The number of guanidine groups is 1. The van der Waals surface area contributed by atoms with Gasteiger partial charge in [0.1, 0.15) is 0 Å². The van der Waals surface area contributed by atoms with Crippen molar-refractivity contribution >= 4 is 11.9 Å². The molecule has 6 heteroatoms. The molecule has 0 atom stereocenters. The second-order valence-electron chi connectivity index (χ2n) is 4.91. The number of benzene rings is 1. The minimum absolute atomic E-state index is 0.0642. The van der Waals surface area contributed by atoms with Crippen LogP contribution in [0.4, 0.5) is 0 Å². The number of carbonyl (C=O) groups excluding carboxylic acids is 1. The van der Waals surface area contributed by atoms with Crippen molar-refractivity contribution in [2.45, 2.75) is 20.3 Å². The van der Waals surface area contributed by atoms with Gasteiger partial charge in [0.2, 0.25) is 0 Å². The number of nitrogens with zero attached hydrogens (tertiary/aromatic N) is 1. The van der Waals surface area contributed by atoms with Gasteiger partial charge in [0.05, 0.1) is 13.2 Å². The summed E-state index contributed by atoms with van der Waals surface area (Å²) in [7, 11) is 1.64. The normalized spacial score (nSPS) is 11.2. The molecule has 0 aliphatic heterocycles. The summed E-state index contributed by atoms with van der Waals surface area (Å²) < 4.78 is 5.28. The number of amides is 1. The van der Waals surface area contributed by atoms with Gasteiger partial charge >= 0.3 is 0 Å².